The van der Waals surface area contributed by atoms with E-state index >= 15 is 0 Å². The lowest BCUT2D eigenvalue weighted by Gasteiger charge is -2.30. The number of para-hydroxylation sites is 1. The van der Waals surface area contributed by atoms with Gasteiger partial charge in [0.05, 0.1) is 6.54 Å². The van der Waals surface area contributed by atoms with E-state index in [1.54, 1.807) is 0 Å². The van der Waals surface area contributed by atoms with Gasteiger partial charge in [-0.25, -0.2) is 4.79 Å². The van der Waals surface area contributed by atoms with Crippen LogP contribution in [0.1, 0.15) is 24.8 Å². The van der Waals surface area contributed by atoms with E-state index in [1.807, 2.05) is 23.1 Å². The number of aryl methyl sites for hydroxylation is 1. The van der Waals surface area contributed by atoms with Crippen molar-refractivity contribution in [3.63, 3.8) is 0 Å². The molecule has 2 N–H and O–H groups in total. The smallest absolute Gasteiger partial charge is 0.321 e. The molecule has 1 saturated carbocycles. The van der Waals surface area contributed by atoms with E-state index in [1.165, 1.54) is 5.56 Å². The van der Waals surface area contributed by atoms with Gasteiger partial charge in [0.1, 0.15) is 0 Å². The number of amides is 3. The Morgan fingerprint density at radius 1 is 1.25 bits per heavy atom. The largest absolute Gasteiger partial charge is 0.362 e. The maximum Gasteiger partial charge on any atom is 0.321 e. The van der Waals surface area contributed by atoms with Crippen LogP contribution >= 0.6 is 0 Å². The molecule has 3 rings (SSSR count). The van der Waals surface area contributed by atoms with Crippen LogP contribution in [0.5, 0.6) is 0 Å². The van der Waals surface area contributed by atoms with Crippen molar-refractivity contribution in [1.82, 2.24) is 10.6 Å². The van der Waals surface area contributed by atoms with Crippen molar-refractivity contribution < 1.29 is 9.59 Å². The van der Waals surface area contributed by atoms with Crippen molar-refractivity contribution in [2.75, 3.05) is 18.0 Å². The summed E-state index contributed by atoms with van der Waals surface area (Å²) in [7, 11) is 0. The van der Waals surface area contributed by atoms with E-state index in [2.05, 4.69) is 16.7 Å². The number of rotatable bonds is 3. The van der Waals surface area contributed by atoms with Crippen molar-refractivity contribution in [2.45, 2.75) is 31.7 Å². The van der Waals surface area contributed by atoms with Crippen molar-refractivity contribution in [3.8, 4) is 0 Å². The van der Waals surface area contributed by atoms with Crippen LogP contribution in [0.15, 0.2) is 24.3 Å². The topological polar surface area (TPSA) is 61.4 Å². The number of carbonyl (C=O) groups is 2. The standard InChI is InChI=1S/C15H19N3O2/c19-14(17-15(20)16-12-7-8-12)10-18-9-3-5-11-4-1-2-6-13(11)18/h1-2,4,6,12H,3,5,7-10H2,(H2,16,17,19,20). The Morgan fingerprint density at radius 2 is 2.05 bits per heavy atom. The monoisotopic (exact) mass is 273 g/mol. The molecule has 0 atom stereocenters. The number of hydrogen-bond donors (Lipinski definition) is 2. The molecule has 0 spiro atoms. The minimum absolute atomic E-state index is 0.231. The molecule has 0 aromatic heterocycles. The highest BCUT2D eigenvalue weighted by atomic mass is 16.2. The Hall–Kier alpha value is -2.04. The molecule has 106 valence electrons. The van der Waals surface area contributed by atoms with E-state index in [0.717, 1.165) is 37.9 Å². The van der Waals surface area contributed by atoms with Gasteiger partial charge in [-0.15, -0.1) is 0 Å². The summed E-state index contributed by atoms with van der Waals surface area (Å²) in [6, 6.07) is 8.02. The number of benzene rings is 1. The summed E-state index contributed by atoms with van der Waals surface area (Å²) < 4.78 is 0. The second kappa shape index (κ2) is 5.53. The lowest BCUT2D eigenvalue weighted by molar-refractivity contribution is -0.118. The Balaban J connectivity index is 1.57. The normalized spacial score (nSPS) is 17.3. The Bertz CT molecular complexity index is 526. The van der Waals surface area contributed by atoms with Gasteiger partial charge in [-0.2, -0.15) is 0 Å². The van der Waals surface area contributed by atoms with Crippen LogP contribution in [-0.4, -0.2) is 31.1 Å². The highest BCUT2D eigenvalue weighted by Crippen LogP contribution is 2.26. The molecule has 0 bridgehead atoms. The Kier molecular flexibility index (Phi) is 3.58. The zero-order valence-electron chi connectivity index (χ0n) is 11.4. The van der Waals surface area contributed by atoms with Gasteiger partial charge in [0.15, 0.2) is 0 Å². The first-order valence-electron chi connectivity index (χ1n) is 7.15. The fourth-order valence-electron chi connectivity index (χ4n) is 2.56. The molecule has 1 aromatic rings. The van der Waals surface area contributed by atoms with Crippen LogP contribution in [0, 0.1) is 0 Å². The number of carbonyl (C=O) groups excluding carboxylic acids is 2. The molecule has 1 aliphatic carbocycles. The number of nitrogens with one attached hydrogen (secondary N) is 2. The molecule has 0 unspecified atom stereocenters. The van der Waals surface area contributed by atoms with E-state index in [-0.39, 0.29) is 24.5 Å². The minimum atomic E-state index is -0.372. The van der Waals surface area contributed by atoms with Crippen LogP contribution in [-0.2, 0) is 11.2 Å². The number of anilines is 1. The van der Waals surface area contributed by atoms with Gasteiger partial charge in [-0.1, -0.05) is 18.2 Å². The molecule has 1 aliphatic heterocycles. The van der Waals surface area contributed by atoms with Gasteiger partial charge in [0, 0.05) is 18.3 Å². The van der Waals surface area contributed by atoms with Crippen LogP contribution in [0.3, 0.4) is 0 Å². The second-order valence-corrected chi connectivity index (χ2v) is 5.45. The first kappa shape index (κ1) is 13.0. The molecule has 5 nitrogen and oxygen atoms in total. The first-order chi connectivity index (χ1) is 9.72. The Morgan fingerprint density at radius 3 is 2.85 bits per heavy atom. The van der Waals surface area contributed by atoms with Gasteiger partial charge in [-0.3, -0.25) is 10.1 Å². The summed E-state index contributed by atoms with van der Waals surface area (Å²) in [6.07, 6.45) is 4.12. The van der Waals surface area contributed by atoms with Crippen LogP contribution < -0.4 is 15.5 Å². The van der Waals surface area contributed by atoms with Gasteiger partial charge in [-0.05, 0) is 37.3 Å². The molecule has 1 heterocycles. The molecule has 20 heavy (non-hydrogen) atoms. The zero-order chi connectivity index (χ0) is 13.9. The quantitative estimate of drug-likeness (QED) is 0.875. The minimum Gasteiger partial charge on any atom is -0.362 e. The molecule has 1 fully saturated rings. The third-order valence-electron chi connectivity index (χ3n) is 3.71. The predicted molar refractivity (Wildman–Crippen MR) is 76.7 cm³/mol. The maximum atomic E-state index is 11.9. The summed E-state index contributed by atoms with van der Waals surface area (Å²) in [5.41, 5.74) is 2.38. The zero-order valence-corrected chi connectivity index (χ0v) is 11.4. The third kappa shape index (κ3) is 3.10. The summed E-state index contributed by atoms with van der Waals surface area (Å²) in [6.45, 7) is 1.09. The van der Waals surface area contributed by atoms with Crippen LogP contribution in [0.2, 0.25) is 0 Å². The third-order valence-corrected chi connectivity index (χ3v) is 3.71. The van der Waals surface area contributed by atoms with Crippen molar-refractivity contribution in [2.24, 2.45) is 0 Å². The summed E-state index contributed by atoms with van der Waals surface area (Å²) >= 11 is 0. The number of hydrogen-bond acceptors (Lipinski definition) is 3. The predicted octanol–water partition coefficient (Wildman–Crippen LogP) is 1.43. The molecular weight excluding hydrogens is 254 g/mol. The van der Waals surface area contributed by atoms with E-state index in [4.69, 9.17) is 0 Å². The molecule has 0 radical (unpaired) electrons. The van der Waals surface area contributed by atoms with Crippen molar-refractivity contribution in [1.29, 1.82) is 0 Å². The highest BCUT2D eigenvalue weighted by Gasteiger charge is 2.24. The molecule has 3 amide bonds. The first-order valence-corrected chi connectivity index (χ1v) is 7.15. The summed E-state index contributed by atoms with van der Waals surface area (Å²) in [4.78, 5) is 25.5. The van der Waals surface area contributed by atoms with E-state index in [9.17, 15) is 9.59 Å². The van der Waals surface area contributed by atoms with Crippen LogP contribution in [0.4, 0.5) is 10.5 Å². The SMILES string of the molecule is O=C(CN1CCCc2ccccc21)NC(=O)NC1CC1. The molecule has 2 aliphatic rings. The molecular formula is C15H19N3O2. The summed E-state index contributed by atoms with van der Waals surface area (Å²) in [5.74, 6) is -0.250. The fraction of sp³-hybridized carbons (Fsp3) is 0.467. The number of imide groups is 1. The van der Waals surface area contributed by atoms with E-state index in [0.29, 0.717) is 0 Å². The van der Waals surface area contributed by atoms with Gasteiger partial charge < -0.3 is 10.2 Å². The fourth-order valence-corrected chi connectivity index (χ4v) is 2.56. The van der Waals surface area contributed by atoms with Gasteiger partial charge >= 0.3 is 6.03 Å². The average Bonchev–Trinajstić information content (AvgIpc) is 3.22. The maximum absolute atomic E-state index is 11.9. The second-order valence-electron chi connectivity index (χ2n) is 5.45. The molecule has 1 aromatic carbocycles. The molecule has 0 saturated heterocycles. The van der Waals surface area contributed by atoms with Crippen molar-refractivity contribution >= 4 is 17.6 Å². The Labute approximate surface area is 118 Å². The number of urea groups is 1. The van der Waals surface area contributed by atoms with Crippen molar-refractivity contribution in [3.05, 3.63) is 29.8 Å². The molecule has 5 heteroatoms. The summed E-state index contributed by atoms with van der Waals surface area (Å²) in [5, 5.41) is 5.15. The number of fused-ring (bicyclic) bond motifs is 1. The van der Waals surface area contributed by atoms with Gasteiger partial charge in [0.2, 0.25) is 5.91 Å². The van der Waals surface area contributed by atoms with Gasteiger partial charge in [0.25, 0.3) is 0 Å². The van der Waals surface area contributed by atoms with E-state index < -0.39 is 0 Å². The average molecular weight is 273 g/mol. The lowest BCUT2D eigenvalue weighted by atomic mass is 10.0. The highest BCUT2D eigenvalue weighted by molar-refractivity contribution is 5.96. The lowest BCUT2D eigenvalue weighted by Crippen LogP contribution is -2.46. The van der Waals surface area contributed by atoms with Crippen LogP contribution in [0.25, 0.3) is 0 Å². The number of nitrogens with zero attached hydrogens (tertiary/aromatic N) is 1.